The number of benzene rings is 2. The van der Waals surface area contributed by atoms with Crippen molar-refractivity contribution >= 4 is 22.8 Å². The number of likely N-dealkylation sites (tertiary alicyclic amines) is 1. The van der Waals surface area contributed by atoms with E-state index in [-0.39, 0.29) is 29.3 Å². The van der Waals surface area contributed by atoms with Crippen LogP contribution in [-0.4, -0.2) is 62.7 Å². The quantitative estimate of drug-likeness (QED) is 0.386. The zero-order chi connectivity index (χ0) is 25.2. The first kappa shape index (κ1) is 23.5. The summed E-state index contributed by atoms with van der Waals surface area (Å²) < 4.78 is 6.24. The molecule has 1 aliphatic heterocycles. The van der Waals surface area contributed by atoms with Gasteiger partial charge in [0.25, 0.3) is 11.8 Å². The zero-order valence-electron chi connectivity index (χ0n) is 20.3. The molecule has 1 atom stereocenters. The Bertz CT molecular complexity index is 1370. The van der Waals surface area contributed by atoms with Gasteiger partial charge in [0, 0.05) is 56.2 Å². The summed E-state index contributed by atoms with van der Waals surface area (Å²) in [6, 6.07) is 16.6. The van der Waals surface area contributed by atoms with Gasteiger partial charge < -0.3 is 15.0 Å². The van der Waals surface area contributed by atoms with E-state index in [0.29, 0.717) is 34.8 Å². The number of piperidine rings is 1. The number of amides is 2. The standard InChI is InChI=1S/C26H28N6O4/c1-29-13-12-21(27-29)26(34)30(2)24(16-18-6-4-3-5-7-18)19-10-14-31(15-11-19)25(33)20-8-9-23-22(17-20)28-36-32(23)35/h3-9,12-13,17,19,24H,10-11,14-16H2,1-2H3. The highest BCUT2D eigenvalue weighted by Gasteiger charge is 2.34. The molecule has 1 aliphatic rings. The summed E-state index contributed by atoms with van der Waals surface area (Å²) in [5.74, 6) is 0.0178. The number of nitrogens with zero attached hydrogens (tertiary/aromatic N) is 6. The third-order valence-electron chi connectivity index (χ3n) is 7.04. The number of carbonyl (C=O) groups excluding carboxylic acids is 2. The highest BCUT2D eigenvalue weighted by molar-refractivity contribution is 5.97. The molecule has 4 aromatic rings. The molecule has 5 rings (SSSR count). The lowest BCUT2D eigenvalue weighted by molar-refractivity contribution is -0.782. The van der Waals surface area contributed by atoms with E-state index in [1.165, 1.54) is 5.56 Å². The molecule has 0 saturated carbocycles. The van der Waals surface area contributed by atoms with Crippen LogP contribution in [0.2, 0.25) is 0 Å². The number of rotatable bonds is 6. The molecule has 0 N–H and O–H groups in total. The van der Waals surface area contributed by atoms with Gasteiger partial charge in [-0.1, -0.05) is 30.3 Å². The summed E-state index contributed by atoms with van der Waals surface area (Å²) in [4.78, 5) is 30.4. The average Bonchev–Trinajstić information content (AvgIpc) is 3.52. The van der Waals surface area contributed by atoms with E-state index in [4.69, 9.17) is 0 Å². The second-order valence-electron chi connectivity index (χ2n) is 9.31. The second-order valence-corrected chi connectivity index (χ2v) is 9.31. The minimum Gasteiger partial charge on any atom is -0.359 e. The summed E-state index contributed by atoms with van der Waals surface area (Å²) in [7, 11) is 3.64. The molecule has 186 valence electrons. The molecule has 10 heteroatoms. The molecule has 0 spiro atoms. The maximum Gasteiger partial charge on any atom is 0.274 e. The third-order valence-corrected chi connectivity index (χ3v) is 7.04. The number of hydrogen-bond donors (Lipinski definition) is 0. The van der Waals surface area contributed by atoms with E-state index in [9.17, 15) is 14.8 Å². The van der Waals surface area contributed by atoms with Crippen molar-refractivity contribution in [1.29, 1.82) is 0 Å². The Morgan fingerprint density at radius 2 is 1.92 bits per heavy atom. The molecule has 36 heavy (non-hydrogen) atoms. The molecule has 2 amide bonds. The van der Waals surface area contributed by atoms with Crippen molar-refractivity contribution in [2.45, 2.75) is 25.3 Å². The van der Waals surface area contributed by atoms with Crippen molar-refractivity contribution in [3.63, 3.8) is 0 Å². The molecule has 2 aromatic heterocycles. The summed E-state index contributed by atoms with van der Waals surface area (Å²) in [6.07, 6.45) is 4.04. The van der Waals surface area contributed by atoms with Gasteiger partial charge in [0.2, 0.25) is 11.0 Å². The van der Waals surface area contributed by atoms with E-state index in [1.807, 2.05) is 35.0 Å². The van der Waals surface area contributed by atoms with Crippen LogP contribution in [-0.2, 0) is 13.5 Å². The van der Waals surface area contributed by atoms with Crippen molar-refractivity contribution in [1.82, 2.24) is 24.7 Å². The van der Waals surface area contributed by atoms with Crippen LogP contribution in [0.25, 0.3) is 11.0 Å². The summed E-state index contributed by atoms with van der Waals surface area (Å²) >= 11 is 0. The fraction of sp³-hybridized carbons (Fsp3) is 0.346. The van der Waals surface area contributed by atoms with Gasteiger partial charge in [0.15, 0.2) is 0 Å². The molecule has 1 unspecified atom stereocenters. The summed E-state index contributed by atoms with van der Waals surface area (Å²) in [5, 5.41) is 19.5. The van der Waals surface area contributed by atoms with Crippen LogP contribution in [0.5, 0.6) is 0 Å². The van der Waals surface area contributed by atoms with E-state index in [0.717, 1.165) is 19.3 Å². The maximum absolute atomic E-state index is 13.2. The molecule has 2 aromatic carbocycles. The molecule has 1 fully saturated rings. The van der Waals surface area contributed by atoms with E-state index in [2.05, 4.69) is 27.0 Å². The fourth-order valence-corrected chi connectivity index (χ4v) is 5.01. The number of carbonyl (C=O) groups is 2. The van der Waals surface area contributed by atoms with E-state index < -0.39 is 0 Å². The Morgan fingerprint density at radius 3 is 2.61 bits per heavy atom. The second kappa shape index (κ2) is 9.80. The van der Waals surface area contributed by atoms with Crippen LogP contribution < -0.4 is 4.90 Å². The minimum absolute atomic E-state index is 0.0295. The fourth-order valence-electron chi connectivity index (χ4n) is 5.01. The van der Waals surface area contributed by atoms with Crippen molar-refractivity contribution in [3.05, 3.63) is 82.8 Å². The number of fused-ring (bicyclic) bond motifs is 1. The van der Waals surface area contributed by atoms with Crippen LogP contribution in [0.1, 0.15) is 39.3 Å². The van der Waals surface area contributed by atoms with Gasteiger partial charge in [-0.2, -0.15) is 5.10 Å². The number of hydrogen-bond acceptors (Lipinski definition) is 6. The Morgan fingerprint density at radius 1 is 1.17 bits per heavy atom. The average molecular weight is 489 g/mol. The highest BCUT2D eigenvalue weighted by Crippen LogP contribution is 2.28. The molecular formula is C26H28N6O4. The van der Waals surface area contributed by atoms with Crippen LogP contribution in [0.3, 0.4) is 0 Å². The molecule has 0 bridgehead atoms. The number of aromatic nitrogens is 4. The minimum atomic E-state index is -0.105. The molecule has 0 radical (unpaired) electrons. The monoisotopic (exact) mass is 488 g/mol. The Labute approximate surface area is 208 Å². The number of likely N-dealkylation sites (N-methyl/N-ethyl adjacent to an activating group) is 1. The van der Waals surface area contributed by atoms with Gasteiger partial charge in [-0.25, -0.2) is 0 Å². The van der Waals surface area contributed by atoms with Crippen LogP contribution in [0.4, 0.5) is 0 Å². The Balaban J connectivity index is 1.31. The number of aryl methyl sites for hydroxylation is 1. The van der Waals surface area contributed by atoms with Crippen molar-refractivity contribution in [3.8, 4) is 0 Å². The summed E-state index contributed by atoms with van der Waals surface area (Å²) in [6.45, 7) is 1.16. The first-order valence-corrected chi connectivity index (χ1v) is 12.0. The smallest absolute Gasteiger partial charge is 0.274 e. The zero-order valence-corrected chi connectivity index (χ0v) is 20.3. The van der Waals surface area contributed by atoms with Gasteiger partial charge in [-0.05, 0) is 53.8 Å². The lowest BCUT2D eigenvalue weighted by atomic mass is 9.84. The van der Waals surface area contributed by atoms with Crippen LogP contribution in [0, 0.1) is 11.1 Å². The predicted octanol–water partition coefficient (Wildman–Crippen LogP) is 2.43. The SMILES string of the molecule is CN(C(=O)c1ccn(C)n1)C(Cc1ccccc1)C1CCN(C(=O)c2ccc3c(c2)no[n+]3[O-])CC1. The van der Waals surface area contributed by atoms with Crippen molar-refractivity contribution < 1.29 is 19.1 Å². The lowest BCUT2D eigenvalue weighted by Gasteiger charge is -2.40. The van der Waals surface area contributed by atoms with Gasteiger partial charge in [-0.3, -0.25) is 18.9 Å². The van der Waals surface area contributed by atoms with E-state index >= 15 is 0 Å². The molecule has 0 aliphatic carbocycles. The maximum atomic E-state index is 13.2. The predicted molar refractivity (Wildman–Crippen MR) is 131 cm³/mol. The normalized spacial score (nSPS) is 15.2. The summed E-state index contributed by atoms with van der Waals surface area (Å²) in [5.41, 5.74) is 2.70. The largest absolute Gasteiger partial charge is 0.359 e. The first-order chi connectivity index (χ1) is 17.4. The van der Waals surface area contributed by atoms with Crippen molar-refractivity contribution in [2.75, 3.05) is 20.1 Å². The molecule has 3 heterocycles. The topological polar surface area (TPSA) is 111 Å². The van der Waals surface area contributed by atoms with Crippen LogP contribution in [0.15, 0.2) is 65.4 Å². The van der Waals surface area contributed by atoms with Gasteiger partial charge in [0.1, 0.15) is 5.69 Å². The van der Waals surface area contributed by atoms with Gasteiger partial charge in [-0.15, -0.1) is 0 Å². The molecule has 1 saturated heterocycles. The van der Waals surface area contributed by atoms with Crippen molar-refractivity contribution in [2.24, 2.45) is 13.0 Å². The van der Waals surface area contributed by atoms with Gasteiger partial charge in [0.05, 0.1) is 0 Å². The van der Waals surface area contributed by atoms with E-state index in [1.54, 1.807) is 42.2 Å². The third kappa shape index (κ3) is 4.66. The van der Waals surface area contributed by atoms with Crippen LogP contribution >= 0.6 is 0 Å². The lowest BCUT2D eigenvalue weighted by Crippen LogP contribution is -2.48. The highest BCUT2D eigenvalue weighted by atomic mass is 16.8. The Hall–Kier alpha value is -4.21. The molecular weight excluding hydrogens is 460 g/mol. The first-order valence-electron chi connectivity index (χ1n) is 12.0. The molecule has 10 nitrogen and oxygen atoms in total. The Kier molecular flexibility index (Phi) is 6.41. The van der Waals surface area contributed by atoms with Gasteiger partial charge >= 0.3 is 0 Å².